The zero-order valence-corrected chi connectivity index (χ0v) is 13.7. The summed E-state index contributed by atoms with van der Waals surface area (Å²) >= 11 is 1.93. The molecule has 108 valence electrons. The highest BCUT2D eigenvalue weighted by atomic mass is 32.1. The molecule has 0 saturated heterocycles. The molecular weight excluding hydrogens is 250 g/mol. The maximum absolute atomic E-state index is 3.40. The molecular formula is C17H29NS. The molecule has 1 nitrogen and oxygen atoms in total. The molecule has 1 fully saturated rings. The highest BCUT2D eigenvalue weighted by Crippen LogP contribution is 2.43. The van der Waals surface area contributed by atoms with Crippen LogP contribution < -0.4 is 5.32 Å². The first-order valence-corrected chi connectivity index (χ1v) is 8.55. The summed E-state index contributed by atoms with van der Waals surface area (Å²) in [6, 6.07) is 4.50. The van der Waals surface area contributed by atoms with E-state index >= 15 is 0 Å². The average molecular weight is 279 g/mol. The first-order chi connectivity index (χ1) is 9.00. The molecule has 1 N–H and O–H groups in total. The van der Waals surface area contributed by atoms with Gasteiger partial charge in [0.25, 0.3) is 0 Å². The molecule has 1 aliphatic rings. The van der Waals surface area contributed by atoms with Gasteiger partial charge in [0, 0.05) is 4.88 Å². The van der Waals surface area contributed by atoms with Crippen molar-refractivity contribution in [2.24, 2.45) is 23.2 Å². The van der Waals surface area contributed by atoms with Crippen molar-refractivity contribution in [1.29, 1.82) is 0 Å². The molecule has 3 unspecified atom stereocenters. The highest BCUT2D eigenvalue weighted by molar-refractivity contribution is 7.09. The monoisotopic (exact) mass is 279 g/mol. The summed E-state index contributed by atoms with van der Waals surface area (Å²) in [6.07, 6.45) is 5.51. The smallest absolute Gasteiger partial charge is 0.00480 e. The van der Waals surface area contributed by atoms with Crippen LogP contribution in [0, 0.1) is 23.2 Å². The Bertz CT molecular complexity index is 363. The van der Waals surface area contributed by atoms with Crippen LogP contribution in [0.3, 0.4) is 0 Å². The van der Waals surface area contributed by atoms with Crippen LogP contribution >= 0.6 is 11.3 Å². The number of hydrogen-bond acceptors (Lipinski definition) is 2. The largest absolute Gasteiger partial charge is 0.319 e. The summed E-state index contributed by atoms with van der Waals surface area (Å²) in [7, 11) is 2.10. The fraction of sp³-hybridized carbons (Fsp3) is 0.765. The van der Waals surface area contributed by atoms with Gasteiger partial charge in [0.15, 0.2) is 0 Å². The minimum Gasteiger partial charge on any atom is -0.319 e. The van der Waals surface area contributed by atoms with Crippen LogP contribution in [0.4, 0.5) is 0 Å². The molecule has 19 heavy (non-hydrogen) atoms. The first kappa shape index (κ1) is 15.1. The molecule has 2 rings (SSSR count). The van der Waals surface area contributed by atoms with Gasteiger partial charge >= 0.3 is 0 Å². The third-order valence-electron chi connectivity index (χ3n) is 4.87. The number of rotatable bonds is 4. The molecule has 2 heteroatoms. The van der Waals surface area contributed by atoms with Crippen molar-refractivity contribution in [1.82, 2.24) is 5.32 Å². The lowest BCUT2D eigenvalue weighted by molar-refractivity contribution is 0.0984. The van der Waals surface area contributed by atoms with E-state index in [2.05, 4.69) is 50.6 Å². The van der Waals surface area contributed by atoms with Gasteiger partial charge in [-0.05, 0) is 73.9 Å². The van der Waals surface area contributed by atoms with Gasteiger partial charge < -0.3 is 5.32 Å². The Kier molecular flexibility index (Phi) is 5.08. The first-order valence-electron chi connectivity index (χ1n) is 7.67. The van der Waals surface area contributed by atoms with E-state index in [4.69, 9.17) is 0 Å². The third kappa shape index (κ3) is 4.06. The predicted octanol–water partition coefficient (Wildman–Crippen LogP) is 4.59. The quantitative estimate of drug-likeness (QED) is 0.850. The van der Waals surface area contributed by atoms with Crippen molar-refractivity contribution in [3.05, 3.63) is 22.4 Å². The Balaban J connectivity index is 2.04. The Morgan fingerprint density at radius 3 is 2.63 bits per heavy atom. The van der Waals surface area contributed by atoms with E-state index in [0.29, 0.717) is 5.41 Å². The second-order valence-electron chi connectivity index (χ2n) is 7.24. The summed E-state index contributed by atoms with van der Waals surface area (Å²) in [6.45, 7) is 8.43. The van der Waals surface area contributed by atoms with E-state index in [9.17, 15) is 0 Å². The number of hydrogen-bond donors (Lipinski definition) is 1. The Hall–Kier alpha value is -0.340. The van der Waals surface area contributed by atoms with Crippen molar-refractivity contribution in [2.75, 3.05) is 13.6 Å². The molecule has 3 atom stereocenters. The molecule has 0 aromatic carbocycles. The minimum atomic E-state index is 0.471. The van der Waals surface area contributed by atoms with E-state index in [1.807, 2.05) is 11.3 Å². The van der Waals surface area contributed by atoms with Gasteiger partial charge in [-0.2, -0.15) is 0 Å². The van der Waals surface area contributed by atoms with E-state index in [0.717, 1.165) is 17.8 Å². The number of thiophene rings is 1. The van der Waals surface area contributed by atoms with Gasteiger partial charge in [-0.3, -0.25) is 0 Å². The normalized spacial score (nSPS) is 28.5. The lowest BCUT2D eigenvalue weighted by atomic mass is 9.64. The topological polar surface area (TPSA) is 12.0 Å². The molecule has 0 amide bonds. The van der Waals surface area contributed by atoms with E-state index in [1.54, 1.807) is 4.88 Å². The van der Waals surface area contributed by atoms with Crippen molar-refractivity contribution < 1.29 is 0 Å². The standard InChI is InChI=1S/C17H29NS/c1-17(2,3)15-8-7-13(12-18-4)14(10-15)11-16-6-5-9-19-16/h5-6,9,13-15,18H,7-8,10-12H2,1-4H3. The van der Waals surface area contributed by atoms with Crippen molar-refractivity contribution >= 4 is 11.3 Å². The van der Waals surface area contributed by atoms with E-state index < -0.39 is 0 Å². The zero-order chi connectivity index (χ0) is 13.9. The average Bonchev–Trinajstić information content (AvgIpc) is 2.83. The summed E-state index contributed by atoms with van der Waals surface area (Å²) in [5.41, 5.74) is 0.471. The van der Waals surface area contributed by atoms with E-state index in [1.165, 1.54) is 32.2 Å². The SMILES string of the molecule is CNCC1CCC(C(C)(C)C)CC1Cc1cccs1. The third-order valence-corrected chi connectivity index (χ3v) is 5.77. The molecule has 1 aliphatic carbocycles. The van der Waals surface area contributed by atoms with Crippen LogP contribution in [0.1, 0.15) is 44.9 Å². The lowest BCUT2D eigenvalue weighted by Gasteiger charge is -2.42. The summed E-state index contributed by atoms with van der Waals surface area (Å²) < 4.78 is 0. The minimum absolute atomic E-state index is 0.471. The summed E-state index contributed by atoms with van der Waals surface area (Å²) in [5.74, 6) is 2.63. The maximum Gasteiger partial charge on any atom is 0.00480 e. The molecule has 0 bridgehead atoms. The van der Waals surface area contributed by atoms with Gasteiger partial charge in [0.05, 0.1) is 0 Å². The van der Waals surface area contributed by atoms with Crippen LogP contribution in [0.2, 0.25) is 0 Å². The Morgan fingerprint density at radius 1 is 1.26 bits per heavy atom. The molecule has 1 saturated carbocycles. The van der Waals surface area contributed by atoms with Crippen LogP contribution in [-0.2, 0) is 6.42 Å². The Morgan fingerprint density at radius 2 is 2.05 bits per heavy atom. The second kappa shape index (κ2) is 6.41. The predicted molar refractivity (Wildman–Crippen MR) is 85.7 cm³/mol. The highest BCUT2D eigenvalue weighted by Gasteiger charge is 2.35. The van der Waals surface area contributed by atoms with Crippen LogP contribution in [-0.4, -0.2) is 13.6 Å². The van der Waals surface area contributed by atoms with Crippen molar-refractivity contribution in [3.8, 4) is 0 Å². The molecule has 1 aromatic rings. The van der Waals surface area contributed by atoms with Gasteiger partial charge in [-0.25, -0.2) is 0 Å². The van der Waals surface area contributed by atoms with Gasteiger partial charge in [0.1, 0.15) is 0 Å². The summed E-state index contributed by atoms with van der Waals surface area (Å²) in [5, 5.41) is 5.62. The fourth-order valence-corrected chi connectivity index (χ4v) is 4.38. The molecule has 0 radical (unpaired) electrons. The van der Waals surface area contributed by atoms with Gasteiger partial charge in [0.2, 0.25) is 0 Å². The van der Waals surface area contributed by atoms with Crippen molar-refractivity contribution in [2.45, 2.75) is 46.5 Å². The van der Waals surface area contributed by atoms with Gasteiger partial charge in [-0.15, -0.1) is 11.3 Å². The van der Waals surface area contributed by atoms with Crippen LogP contribution in [0.25, 0.3) is 0 Å². The number of nitrogens with one attached hydrogen (secondary N) is 1. The molecule has 0 aliphatic heterocycles. The molecule has 1 aromatic heterocycles. The maximum atomic E-state index is 3.40. The fourth-order valence-electron chi connectivity index (χ4n) is 3.58. The van der Waals surface area contributed by atoms with E-state index in [-0.39, 0.29) is 0 Å². The molecule has 1 heterocycles. The van der Waals surface area contributed by atoms with Crippen molar-refractivity contribution in [3.63, 3.8) is 0 Å². The van der Waals surface area contributed by atoms with Crippen LogP contribution in [0.15, 0.2) is 17.5 Å². The second-order valence-corrected chi connectivity index (χ2v) is 8.27. The summed E-state index contributed by atoms with van der Waals surface area (Å²) in [4.78, 5) is 1.57. The lowest BCUT2D eigenvalue weighted by Crippen LogP contribution is -2.36. The zero-order valence-electron chi connectivity index (χ0n) is 12.9. The van der Waals surface area contributed by atoms with Gasteiger partial charge in [-0.1, -0.05) is 26.8 Å². The van der Waals surface area contributed by atoms with Crippen LogP contribution in [0.5, 0.6) is 0 Å². The Labute approximate surface area is 122 Å². The molecule has 0 spiro atoms.